The maximum absolute atomic E-state index is 12.3. The predicted octanol–water partition coefficient (Wildman–Crippen LogP) is 1.75. The van der Waals surface area contributed by atoms with E-state index >= 15 is 0 Å². The van der Waals surface area contributed by atoms with E-state index in [9.17, 15) is 9.59 Å². The van der Waals surface area contributed by atoms with E-state index in [1.807, 2.05) is 31.4 Å². The van der Waals surface area contributed by atoms with Gasteiger partial charge in [-0.05, 0) is 37.0 Å². The van der Waals surface area contributed by atoms with E-state index in [0.717, 1.165) is 22.3 Å². The smallest absolute Gasteiger partial charge is 0.242 e. The van der Waals surface area contributed by atoms with Crippen LogP contribution in [0.2, 0.25) is 0 Å². The minimum atomic E-state index is -0.508. The second-order valence-corrected chi connectivity index (χ2v) is 6.39. The topological polar surface area (TPSA) is 86.9 Å². The summed E-state index contributed by atoms with van der Waals surface area (Å²) < 4.78 is 0. The van der Waals surface area contributed by atoms with Crippen molar-refractivity contribution in [3.8, 4) is 0 Å². The molecule has 2 rings (SSSR count). The van der Waals surface area contributed by atoms with Crippen molar-refractivity contribution in [2.75, 3.05) is 12.0 Å². The Labute approximate surface area is 139 Å². The van der Waals surface area contributed by atoms with Crippen molar-refractivity contribution in [1.82, 2.24) is 20.6 Å². The summed E-state index contributed by atoms with van der Waals surface area (Å²) in [5, 5.41) is 5.53. The standard InChI is InChI=1S/C16H22N4O2S/c1-10-5-4-6-12-15(10)20-14(19-12)9-17-16(22)13(7-8-23-3)18-11(2)21/h4-6,13H,7-9H2,1-3H3,(H,17,22)(H,18,21)(H,19,20)/t13-/m0/s1. The van der Waals surface area contributed by atoms with Crippen LogP contribution in [-0.2, 0) is 16.1 Å². The number of aromatic nitrogens is 2. The van der Waals surface area contributed by atoms with Crippen LogP contribution in [0.1, 0.15) is 24.7 Å². The number of carbonyl (C=O) groups is 2. The van der Waals surface area contributed by atoms with Gasteiger partial charge in [-0.1, -0.05) is 12.1 Å². The van der Waals surface area contributed by atoms with Crippen molar-refractivity contribution in [2.45, 2.75) is 32.9 Å². The van der Waals surface area contributed by atoms with Crippen molar-refractivity contribution in [1.29, 1.82) is 0 Å². The first kappa shape index (κ1) is 17.3. The van der Waals surface area contributed by atoms with Crippen LogP contribution in [-0.4, -0.2) is 39.8 Å². The third-order valence-corrected chi connectivity index (χ3v) is 4.14. The number of thioether (sulfide) groups is 1. The molecule has 0 bridgehead atoms. The van der Waals surface area contributed by atoms with Gasteiger partial charge >= 0.3 is 0 Å². The van der Waals surface area contributed by atoms with Gasteiger partial charge in [-0.3, -0.25) is 9.59 Å². The summed E-state index contributed by atoms with van der Waals surface area (Å²) in [5.74, 6) is 1.12. The summed E-state index contributed by atoms with van der Waals surface area (Å²) in [6.45, 7) is 3.73. The Balaban J connectivity index is 2.00. The summed E-state index contributed by atoms with van der Waals surface area (Å²) in [6.07, 6.45) is 2.57. The minimum absolute atomic E-state index is 0.188. The number of benzene rings is 1. The molecule has 3 N–H and O–H groups in total. The molecule has 23 heavy (non-hydrogen) atoms. The van der Waals surface area contributed by atoms with Crippen molar-refractivity contribution >= 4 is 34.6 Å². The van der Waals surface area contributed by atoms with Crippen LogP contribution >= 0.6 is 11.8 Å². The maximum atomic E-state index is 12.3. The van der Waals surface area contributed by atoms with Gasteiger partial charge in [0.15, 0.2) is 0 Å². The summed E-state index contributed by atoms with van der Waals surface area (Å²) >= 11 is 1.64. The Bertz CT molecular complexity index is 698. The van der Waals surface area contributed by atoms with Gasteiger partial charge in [0.2, 0.25) is 11.8 Å². The summed E-state index contributed by atoms with van der Waals surface area (Å²) in [7, 11) is 0. The molecule has 0 saturated carbocycles. The third-order valence-electron chi connectivity index (χ3n) is 3.50. The fraction of sp³-hybridized carbons (Fsp3) is 0.438. The second kappa shape index (κ2) is 8.01. The second-order valence-electron chi connectivity index (χ2n) is 5.41. The highest BCUT2D eigenvalue weighted by molar-refractivity contribution is 7.98. The monoisotopic (exact) mass is 334 g/mol. The largest absolute Gasteiger partial charge is 0.347 e. The molecule has 1 heterocycles. The lowest BCUT2D eigenvalue weighted by molar-refractivity contribution is -0.128. The first-order valence-electron chi connectivity index (χ1n) is 7.49. The molecule has 0 saturated heterocycles. The van der Waals surface area contributed by atoms with Gasteiger partial charge in [0.1, 0.15) is 11.9 Å². The van der Waals surface area contributed by atoms with E-state index in [0.29, 0.717) is 18.8 Å². The Hall–Kier alpha value is -2.02. The number of nitrogens with one attached hydrogen (secondary N) is 3. The molecule has 124 valence electrons. The highest BCUT2D eigenvalue weighted by atomic mass is 32.2. The number of nitrogens with zero attached hydrogens (tertiary/aromatic N) is 1. The first-order valence-corrected chi connectivity index (χ1v) is 8.88. The SMILES string of the molecule is CSCC[C@H](NC(C)=O)C(=O)NCc1nc2c(C)cccc2[nH]1. The summed E-state index contributed by atoms with van der Waals surface area (Å²) in [6, 6.07) is 5.42. The molecule has 0 aliphatic carbocycles. The van der Waals surface area contributed by atoms with Gasteiger partial charge in [0.25, 0.3) is 0 Å². The Morgan fingerprint density at radius 2 is 2.17 bits per heavy atom. The molecule has 1 atom stereocenters. The van der Waals surface area contributed by atoms with Crippen LogP contribution in [0.15, 0.2) is 18.2 Å². The predicted molar refractivity (Wildman–Crippen MR) is 93.3 cm³/mol. The number of aromatic amines is 1. The van der Waals surface area contributed by atoms with E-state index in [1.54, 1.807) is 11.8 Å². The average molecular weight is 334 g/mol. The first-order chi connectivity index (χ1) is 11.0. The Morgan fingerprint density at radius 1 is 1.39 bits per heavy atom. The van der Waals surface area contributed by atoms with E-state index in [2.05, 4.69) is 20.6 Å². The van der Waals surface area contributed by atoms with E-state index in [1.165, 1.54) is 6.92 Å². The lowest BCUT2D eigenvalue weighted by atomic mass is 10.2. The number of imidazole rings is 1. The average Bonchev–Trinajstić information content (AvgIpc) is 2.93. The Kier molecular flexibility index (Phi) is 6.04. The van der Waals surface area contributed by atoms with Gasteiger partial charge < -0.3 is 15.6 Å². The number of carbonyl (C=O) groups excluding carboxylic acids is 2. The van der Waals surface area contributed by atoms with Crippen molar-refractivity contribution in [3.63, 3.8) is 0 Å². The molecule has 1 aromatic carbocycles. The zero-order valence-corrected chi connectivity index (χ0v) is 14.4. The molecule has 1 aromatic heterocycles. The number of hydrogen-bond donors (Lipinski definition) is 3. The number of para-hydroxylation sites is 1. The van der Waals surface area contributed by atoms with Gasteiger partial charge in [-0.15, -0.1) is 0 Å². The number of H-pyrrole nitrogens is 1. The number of fused-ring (bicyclic) bond motifs is 1. The molecule has 7 heteroatoms. The number of amides is 2. The molecule has 0 aliphatic heterocycles. The molecule has 6 nitrogen and oxygen atoms in total. The number of aryl methyl sites for hydroxylation is 1. The van der Waals surface area contributed by atoms with Crippen LogP contribution in [0.3, 0.4) is 0 Å². The van der Waals surface area contributed by atoms with E-state index < -0.39 is 6.04 Å². The van der Waals surface area contributed by atoms with Crippen LogP contribution in [0, 0.1) is 6.92 Å². The van der Waals surface area contributed by atoms with Crippen LogP contribution in [0.25, 0.3) is 11.0 Å². The van der Waals surface area contributed by atoms with E-state index in [4.69, 9.17) is 0 Å². The van der Waals surface area contributed by atoms with Gasteiger partial charge in [-0.25, -0.2) is 4.98 Å². The van der Waals surface area contributed by atoms with Gasteiger partial charge in [0.05, 0.1) is 17.6 Å². The zero-order chi connectivity index (χ0) is 16.8. The molecule has 2 aromatic rings. The zero-order valence-electron chi connectivity index (χ0n) is 13.6. The number of hydrogen-bond acceptors (Lipinski definition) is 4. The van der Waals surface area contributed by atoms with E-state index in [-0.39, 0.29) is 11.8 Å². The van der Waals surface area contributed by atoms with Gasteiger partial charge in [-0.2, -0.15) is 11.8 Å². The molecule has 0 fully saturated rings. The lowest BCUT2D eigenvalue weighted by Gasteiger charge is -2.16. The van der Waals surface area contributed by atoms with Crippen LogP contribution in [0.4, 0.5) is 0 Å². The number of rotatable bonds is 7. The van der Waals surface area contributed by atoms with Crippen molar-refractivity contribution in [3.05, 3.63) is 29.6 Å². The molecular formula is C16H22N4O2S. The summed E-state index contributed by atoms with van der Waals surface area (Å²) in [4.78, 5) is 31.2. The molecular weight excluding hydrogens is 312 g/mol. The molecule has 0 radical (unpaired) electrons. The normalized spacial score (nSPS) is 12.1. The van der Waals surface area contributed by atoms with Crippen LogP contribution in [0.5, 0.6) is 0 Å². The van der Waals surface area contributed by atoms with Crippen molar-refractivity contribution < 1.29 is 9.59 Å². The molecule has 2 amide bonds. The maximum Gasteiger partial charge on any atom is 0.242 e. The van der Waals surface area contributed by atoms with Gasteiger partial charge in [0, 0.05) is 6.92 Å². The third kappa shape index (κ3) is 4.72. The highest BCUT2D eigenvalue weighted by Crippen LogP contribution is 2.15. The molecule has 0 aliphatic rings. The quantitative estimate of drug-likeness (QED) is 0.720. The molecule has 0 unspecified atom stereocenters. The fourth-order valence-electron chi connectivity index (χ4n) is 2.35. The Morgan fingerprint density at radius 3 is 2.83 bits per heavy atom. The fourth-order valence-corrected chi connectivity index (χ4v) is 2.83. The van der Waals surface area contributed by atoms with Crippen LogP contribution < -0.4 is 10.6 Å². The van der Waals surface area contributed by atoms with Crippen molar-refractivity contribution in [2.24, 2.45) is 0 Å². The minimum Gasteiger partial charge on any atom is -0.347 e. The molecule has 0 spiro atoms. The highest BCUT2D eigenvalue weighted by Gasteiger charge is 2.19. The summed E-state index contributed by atoms with van der Waals surface area (Å²) in [5.41, 5.74) is 2.96. The lowest BCUT2D eigenvalue weighted by Crippen LogP contribution is -2.46.